The minimum Gasteiger partial charge on any atom is -0.495 e. The quantitative estimate of drug-likeness (QED) is 0.749. The molecule has 0 N–H and O–H groups in total. The zero-order valence-electron chi connectivity index (χ0n) is 10.1. The lowest BCUT2D eigenvalue weighted by Gasteiger charge is -2.25. The molecular formula is C13H18O2S. The van der Waals surface area contributed by atoms with Gasteiger partial charge in [-0.3, -0.25) is 4.79 Å². The molecule has 2 nitrogen and oxygen atoms in total. The molecule has 1 heterocycles. The standard InChI is InChI=1S/C13H18O2S/c1-13(2)7-4-5-9(13)11(14)12-10(15-3)6-8-16-12/h6,8-9H,4-5,7H2,1-3H3. The van der Waals surface area contributed by atoms with E-state index in [9.17, 15) is 4.79 Å². The number of Topliss-reactive ketones (excluding diaryl/α,β-unsaturated/α-hetero) is 1. The van der Waals surface area contributed by atoms with Gasteiger partial charge in [-0.1, -0.05) is 20.3 Å². The average Bonchev–Trinajstić information content (AvgIpc) is 2.82. The van der Waals surface area contributed by atoms with Crippen LogP contribution >= 0.6 is 11.3 Å². The van der Waals surface area contributed by atoms with Crippen molar-refractivity contribution in [2.24, 2.45) is 11.3 Å². The highest BCUT2D eigenvalue weighted by molar-refractivity contribution is 7.12. The van der Waals surface area contributed by atoms with Gasteiger partial charge in [0.05, 0.1) is 7.11 Å². The van der Waals surface area contributed by atoms with E-state index in [1.807, 2.05) is 11.4 Å². The fraction of sp³-hybridized carbons (Fsp3) is 0.615. The van der Waals surface area contributed by atoms with E-state index in [0.29, 0.717) is 0 Å². The van der Waals surface area contributed by atoms with Crippen LogP contribution in [0.5, 0.6) is 5.75 Å². The lowest BCUT2D eigenvalue weighted by atomic mass is 9.79. The largest absolute Gasteiger partial charge is 0.495 e. The zero-order valence-corrected chi connectivity index (χ0v) is 10.9. The molecule has 0 aliphatic heterocycles. The van der Waals surface area contributed by atoms with E-state index in [1.165, 1.54) is 11.3 Å². The highest BCUT2D eigenvalue weighted by atomic mass is 32.1. The van der Waals surface area contributed by atoms with Gasteiger partial charge in [-0.15, -0.1) is 11.3 Å². The Bertz CT molecular complexity index is 392. The molecule has 1 saturated carbocycles. The Morgan fingerprint density at radius 1 is 1.56 bits per heavy atom. The Kier molecular flexibility index (Phi) is 3.06. The molecule has 1 aromatic heterocycles. The van der Waals surface area contributed by atoms with Crippen molar-refractivity contribution in [3.63, 3.8) is 0 Å². The Balaban J connectivity index is 2.26. The number of carbonyl (C=O) groups excluding carboxylic acids is 1. The van der Waals surface area contributed by atoms with E-state index in [0.717, 1.165) is 29.9 Å². The predicted octanol–water partition coefficient (Wildman–Crippen LogP) is 3.77. The summed E-state index contributed by atoms with van der Waals surface area (Å²) in [5.74, 6) is 1.17. The van der Waals surface area contributed by atoms with Crippen molar-refractivity contribution in [3.05, 3.63) is 16.3 Å². The molecule has 1 atom stereocenters. The molecule has 0 spiro atoms. The summed E-state index contributed by atoms with van der Waals surface area (Å²) >= 11 is 1.50. The molecule has 0 radical (unpaired) electrons. The molecular weight excluding hydrogens is 220 g/mol. The summed E-state index contributed by atoms with van der Waals surface area (Å²) in [5.41, 5.74) is 0.145. The first-order chi connectivity index (χ1) is 7.56. The first kappa shape index (κ1) is 11.6. The lowest BCUT2D eigenvalue weighted by molar-refractivity contribution is 0.0841. The molecule has 1 unspecified atom stereocenters. The van der Waals surface area contributed by atoms with Crippen LogP contribution in [0.25, 0.3) is 0 Å². The van der Waals surface area contributed by atoms with E-state index in [1.54, 1.807) is 7.11 Å². The molecule has 1 aromatic rings. The normalized spacial score (nSPS) is 23.3. The van der Waals surface area contributed by atoms with Gasteiger partial charge in [0, 0.05) is 5.92 Å². The summed E-state index contributed by atoms with van der Waals surface area (Å²) in [6, 6.07) is 1.87. The zero-order chi connectivity index (χ0) is 11.8. The van der Waals surface area contributed by atoms with Crippen LogP contribution in [0.4, 0.5) is 0 Å². The fourth-order valence-electron chi connectivity index (χ4n) is 2.61. The molecule has 1 aliphatic rings. The van der Waals surface area contributed by atoms with Crippen molar-refractivity contribution in [1.82, 2.24) is 0 Å². The molecule has 0 aromatic carbocycles. The Morgan fingerprint density at radius 3 is 2.88 bits per heavy atom. The molecule has 3 heteroatoms. The highest BCUT2D eigenvalue weighted by Crippen LogP contribution is 2.45. The van der Waals surface area contributed by atoms with E-state index >= 15 is 0 Å². The van der Waals surface area contributed by atoms with Crippen molar-refractivity contribution in [1.29, 1.82) is 0 Å². The van der Waals surface area contributed by atoms with Gasteiger partial charge in [0.1, 0.15) is 10.6 Å². The van der Waals surface area contributed by atoms with Crippen LogP contribution in [0.1, 0.15) is 42.8 Å². The Labute approximate surface area is 101 Å². The van der Waals surface area contributed by atoms with Crippen molar-refractivity contribution >= 4 is 17.1 Å². The van der Waals surface area contributed by atoms with Crippen LogP contribution in [0.3, 0.4) is 0 Å². The third kappa shape index (κ3) is 1.88. The second-order valence-electron chi connectivity index (χ2n) is 5.12. The van der Waals surface area contributed by atoms with E-state index < -0.39 is 0 Å². The van der Waals surface area contributed by atoms with Crippen LogP contribution in [0.2, 0.25) is 0 Å². The van der Waals surface area contributed by atoms with E-state index in [2.05, 4.69) is 13.8 Å². The number of thiophene rings is 1. The fourth-order valence-corrected chi connectivity index (χ4v) is 3.46. The Hall–Kier alpha value is -0.830. The Morgan fingerprint density at radius 2 is 2.31 bits per heavy atom. The molecule has 16 heavy (non-hydrogen) atoms. The van der Waals surface area contributed by atoms with Gasteiger partial charge in [-0.2, -0.15) is 0 Å². The number of rotatable bonds is 3. The first-order valence-corrected chi connectivity index (χ1v) is 6.60. The molecule has 0 amide bonds. The SMILES string of the molecule is COc1ccsc1C(=O)C1CCCC1(C)C. The minimum absolute atomic E-state index is 0.145. The van der Waals surface area contributed by atoms with E-state index in [-0.39, 0.29) is 17.1 Å². The summed E-state index contributed by atoms with van der Waals surface area (Å²) < 4.78 is 5.22. The van der Waals surface area contributed by atoms with Gasteiger partial charge in [0.15, 0.2) is 5.78 Å². The monoisotopic (exact) mass is 238 g/mol. The lowest BCUT2D eigenvalue weighted by Crippen LogP contribution is -2.25. The molecule has 88 valence electrons. The molecule has 1 aliphatic carbocycles. The van der Waals surface area contributed by atoms with Gasteiger partial charge >= 0.3 is 0 Å². The number of carbonyl (C=O) groups is 1. The van der Waals surface area contributed by atoms with Gasteiger partial charge in [-0.25, -0.2) is 0 Å². The van der Waals surface area contributed by atoms with Crippen LogP contribution in [0, 0.1) is 11.3 Å². The average molecular weight is 238 g/mol. The highest BCUT2D eigenvalue weighted by Gasteiger charge is 2.40. The van der Waals surface area contributed by atoms with Gasteiger partial charge in [0.2, 0.25) is 0 Å². The topological polar surface area (TPSA) is 26.3 Å². The summed E-state index contributed by atoms with van der Waals surface area (Å²) in [4.78, 5) is 13.2. The predicted molar refractivity (Wildman–Crippen MR) is 66.3 cm³/mol. The number of hydrogen-bond donors (Lipinski definition) is 0. The molecule has 0 saturated heterocycles. The summed E-state index contributed by atoms with van der Waals surface area (Å²) in [6.45, 7) is 4.39. The summed E-state index contributed by atoms with van der Waals surface area (Å²) in [6.07, 6.45) is 3.33. The third-order valence-electron chi connectivity index (χ3n) is 3.65. The first-order valence-electron chi connectivity index (χ1n) is 5.72. The number of ether oxygens (including phenoxy) is 1. The van der Waals surface area contributed by atoms with Crippen molar-refractivity contribution in [2.45, 2.75) is 33.1 Å². The van der Waals surface area contributed by atoms with Crippen LogP contribution < -0.4 is 4.74 Å². The maximum absolute atomic E-state index is 12.4. The maximum atomic E-state index is 12.4. The van der Waals surface area contributed by atoms with Crippen LogP contribution in [0.15, 0.2) is 11.4 Å². The molecule has 1 fully saturated rings. The van der Waals surface area contributed by atoms with Gasteiger partial charge < -0.3 is 4.74 Å². The number of hydrogen-bond acceptors (Lipinski definition) is 3. The van der Waals surface area contributed by atoms with Crippen LogP contribution in [-0.2, 0) is 0 Å². The van der Waals surface area contributed by atoms with Gasteiger partial charge in [-0.05, 0) is 29.7 Å². The second-order valence-corrected chi connectivity index (χ2v) is 6.03. The second kappa shape index (κ2) is 4.21. The van der Waals surface area contributed by atoms with E-state index in [4.69, 9.17) is 4.74 Å². The number of ketones is 1. The number of methoxy groups -OCH3 is 1. The third-order valence-corrected chi connectivity index (χ3v) is 4.56. The maximum Gasteiger partial charge on any atom is 0.180 e. The summed E-state index contributed by atoms with van der Waals surface area (Å²) in [5, 5.41) is 1.92. The van der Waals surface area contributed by atoms with Crippen LogP contribution in [-0.4, -0.2) is 12.9 Å². The summed E-state index contributed by atoms with van der Waals surface area (Å²) in [7, 11) is 1.62. The smallest absolute Gasteiger partial charge is 0.180 e. The van der Waals surface area contributed by atoms with Crippen molar-refractivity contribution in [2.75, 3.05) is 7.11 Å². The molecule has 0 bridgehead atoms. The van der Waals surface area contributed by atoms with Gasteiger partial charge in [0.25, 0.3) is 0 Å². The minimum atomic E-state index is 0.145. The van der Waals surface area contributed by atoms with Crippen molar-refractivity contribution in [3.8, 4) is 5.75 Å². The molecule has 2 rings (SSSR count). The van der Waals surface area contributed by atoms with Crippen molar-refractivity contribution < 1.29 is 9.53 Å².